The van der Waals surface area contributed by atoms with Crippen LogP contribution in [0.4, 0.5) is 20.6 Å². The van der Waals surface area contributed by atoms with Gasteiger partial charge in [0.25, 0.3) is 0 Å². The first-order valence-electron chi connectivity index (χ1n) is 10.00. The molecule has 0 saturated carbocycles. The van der Waals surface area contributed by atoms with Gasteiger partial charge < -0.3 is 19.6 Å². The van der Waals surface area contributed by atoms with E-state index in [-0.39, 0.29) is 17.8 Å². The summed E-state index contributed by atoms with van der Waals surface area (Å²) in [4.78, 5) is 20.9. The largest absolute Gasteiger partial charge is 0.368 e. The van der Waals surface area contributed by atoms with Crippen molar-refractivity contribution in [2.24, 2.45) is 0 Å². The van der Waals surface area contributed by atoms with Crippen molar-refractivity contribution < 1.29 is 13.7 Å². The van der Waals surface area contributed by atoms with Crippen molar-refractivity contribution in [2.75, 3.05) is 36.4 Å². The van der Waals surface area contributed by atoms with Gasteiger partial charge in [0.05, 0.1) is 0 Å². The van der Waals surface area contributed by atoms with Gasteiger partial charge in [-0.3, -0.25) is 0 Å². The SMILES string of the molecule is CC(C)c1nc(-c2ccc(N3CCN(C(=O)Nc4ccc(F)cc4)CC3)cc2)no1. The number of hydrogen-bond donors (Lipinski definition) is 1. The van der Waals surface area contributed by atoms with Crippen LogP contribution in [0.2, 0.25) is 0 Å². The Balaban J connectivity index is 1.33. The van der Waals surface area contributed by atoms with E-state index in [2.05, 4.69) is 20.4 Å². The highest BCUT2D eigenvalue weighted by Crippen LogP contribution is 2.24. The van der Waals surface area contributed by atoms with E-state index in [0.29, 0.717) is 30.5 Å². The second-order valence-electron chi connectivity index (χ2n) is 7.57. The number of halogens is 1. The smallest absolute Gasteiger partial charge is 0.321 e. The Hall–Kier alpha value is -3.42. The number of carbonyl (C=O) groups is 1. The molecule has 1 fully saturated rings. The molecule has 30 heavy (non-hydrogen) atoms. The fourth-order valence-corrected chi connectivity index (χ4v) is 3.31. The van der Waals surface area contributed by atoms with Crippen molar-refractivity contribution in [1.82, 2.24) is 15.0 Å². The summed E-state index contributed by atoms with van der Waals surface area (Å²) in [7, 11) is 0. The van der Waals surface area contributed by atoms with Gasteiger partial charge in [0.2, 0.25) is 11.7 Å². The fraction of sp³-hybridized carbons (Fsp3) is 0.318. The molecule has 156 valence electrons. The molecule has 8 heteroatoms. The van der Waals surface area contributed by atoms with Crippen molar-refractivity contribution in [2.45, 2.75) is 19.8 Å². The summed E-state index contributed by atoms with van der Waals surface area (Å²) in [6.45, 7) is 6.71. The lowest BCUT2D eigenvalue weighted by Gasteiger charge is -2.36. The molecule has 1 aliphatic rings. The minimum absolute atomic E-state index is 0.172. The number of hydrogen-bond acceptors (Lipinski definition) is 5. The van der Waals surface area contributed by atoms with Crippen LogP contribution in [0.3, 0.4) is 0 Å². The molecule has 2 amide bonds. The van der Waals surface area contributed by atoms with E-state index in [1.807, 2.05) is 38.1 Å². The monoisotopic (exact) mass is 409 g/mol. The number of piperazine rings is 1. The van der Waals surface area contributed by atoms with Crippen LogP contribution in [0.1, 0.15) is 25.7 Å². The molecule has 0 spiro atoms. The first kappa shape index (κ1) is 19.9. The van der Waals surface area contributed by atoms with Gasteiger partial charge in [-0.25, -0.2) is 9.18 Å². The number of nitrogens with zero attached hydrogens (tertiary/aromatic N) is 4. The molecule has 7 nitrogen and oxygen atoms in total. The molecule has 1 saturated heterocycles. The Morgan fingerprint density at radius 2 is 1.70 bits per heavy atom. The minimum atomic E-state index is -0.327. The molecule has 1 aliphatic heterocycles. The van der Waals surface area contributed by atoms with E-state index in [1.165, 1.54) is 12.1 Å². The summed E-state index contributed by atoms with van der Waals surface area (Å²) in [6.07, 6.45) is 0. The minimum Gasteiger partial charge on any atom is -0.368 e. The lowest BCUT2D eigenvalue weighted by molar-refractivity contribution is 0.208. The molecule has 0 atom stereocenters. The molecule has 0 radical (unpaired) electrons. The van der Waals surface area contributed by atoms with Crippen LogP contribution in [0.15, 0.2) is 53.1 Å². The van der Waals surface area contributed by atoms with Crippen LogP contribution >= 0.6 is 0 Å². The van der Waals surface area contributed by atoms with Gasteiger partial charge in [0.1, 0.15) is 5.82 Å². The zero-order valence-corrected chi connectivity index (χ0v) is 17.0. The highest BCUT2D eigenvalue weighted by molar-refractivity contribution is 5.89. The van der Waals surface area contributed by atoms with Crippen molar-refractivity contribution in [3.63, 3.8) is 0 Å². The standard InChI is InChI=1S/C22H24FN5O2/c1-15(2)21-25-20(26-30-21)16-3-9-19(10-4-16)27-11-13-28(14-12-27)22(29)24-18-7-5-17(23)6-8-18/h3-10,15H,11-14H2,1-2H3,(H,24,29). The summed E-state index contributed by atoms with van der Waals surface area (Å²) in [5.41, 5.74) is 2.58. The predicted octanol–water partition coefficient (Wildman–Crippen LogP) is 4.35. The van der Waals surface area contributed by atoms with E-state index < -0.39 is 0 Å². The average molecular weight is 409 g/mol. The zero-order valence-electron chi connectivity index (χ0n) is 17.0. The third kappa shape index (κ3) is 4.42. The van der Waals surface area contributed by atoms with Crippen molar-refractivity contribution >= 4 is 17.4 Å². The molecular weight excluding hydrogens is 385 g/mol. The third-order valence-electron chi connectivity index (χ3n) is 5.09. The highest BCUT2D eigenvalue weighted by Gasteiger charge is 2.21. The first-order chi connectivity index (χ1) is 14.5. The third-order valence-corrected chi connectivity index (χ3v) is 5.09. The molecule has 1 aromatic heterocycles. The fourth-order valence-electron chi connectivity index (χ4n) is 3.31. The number of urea groups is 1. The maximum atomic E-state index is 13.0. The molecule has 2 heterocycles. The molecule has 4 rings (SSSR count). The molecule has 0 unspecified atom stereocenters. The topological polar surface area (TPSA) is 74.5 Å². The zero-order chi connectivity index (χ0) is 21.1. The summed E-state index contributed by atoms with van der Waals surface area (Å²) in [5, 5.41) is 6.85. The normalized spacial score (nSPS) is 14.3. The number of anilines is 2. The van der Waals surface area contributed by atoms with E-state index in [1.54, 1.807) is 17.0 Å². The van der Waals surface area contributed by atoms with Crippen LogP contribution in [0.5, 0.6) is 0 Å². The van der Waals surface area contributed by atoms with Crippen LogP contribution in [0.25, 0.3) is 11.4 Å². The molecule has 0 aliphatic carbocycles. The van der Waals surface area contributed by atoms with Crippen molar-refractivity contribution in [3.8, 4) is 11.4 Å². The number of aromatic nitrogens is 2. The summed E-state index contributed by atoms with van der Waals surface area (Å²) < 4.78 is 18.3. The number of rotatable bonds is 4. The lowest BCUT2D eigenvalue weighted by atomic mass is 10.1. The van der Waals surface area contributed by atoms with Gasteiger partial charge in [-0.05, 0) is 48.5 Å². The maximum Gasteiger partial charge on any atom is 0.321 e. The average Bonchev–Trinajstić information content (AvgIpc) is 3.26. The second-order valence-corrected chi connectivity index (χ2v) is 7.57. The maximum absolute atomic E-state index is 13.0. The second kappa shape index (κ2) is 8.52. The van der Waals surface area contributed by atoms with E-state index >= 15 is 0 Å². The Labute approximate surface area is 174 Å². The predicted molar refractivity (Wildman–Crippen MR) is 113 cm³/mol. The summed E-state index contributed by atoms with van der Waals surface area (Å²) in [6, 6.07) is 13.6. The van der Waals surface area contributed by atoms with Gasteiger partial charge in [-0.1, -0.05) is 19.0 Å². The Bertz CT molecular complexity index is 993. The Kier molecular flexibility index (Phi) is 5.65. The van der Waals surface area contributed by atoms with Gasteiger partial charge in [0.15, 0.2) is 0 Å². The molecule has 1 N–H and O–H groups in total. The Morgan fingerprint density at radius 1 is 1.03 bits per heavy atom. The molecule has 2 aromatic carbocycles. The van der Waals surface area contributed by atoms with Crippen LogP contribution in [-0.4, -0.2) is 47.3 Å². The lowest BCUT2D eigenvalue weighted by Crippen LogP contribution is -2.50. The van der Waals surface area contributed by atoms with Gasteiger partial charge in [-0.15, -0.1) is 0 Å². The van der Waals surface area contributed by atoms with Gasteiger partial charge in [-0.2, -0.15) is 4.98 Å². The van der Waals surface area contributed by atoms with E-state index in [4.69, 9.17) is 4.52 Å². The summed E-state index contributed by atoms with van der Waals surface area (Å²) >= 11 is 0. The van der Waals surface area contributed by atoms with E-state index in [9.17, 15) is 9.18 Å². The van der Waals surface area contributed by atoms with Crippen LogP contribution < -0.4 is 10.2 Å². The molecular formula is C22H24FN5O2. The first-order valence-corrected chi connectivity index (χ1v) is 10.00. The molecule has 0 bridgehead atoms. The number of benzene rings is 2. The van der Waals surface area contributed by atoms with Crippen LogP contribution in [-0.2, 0) is 0 Å². The number of amides is 2. The highest BCUT2D eigenvalue weighted by atomic mass is 19.1. The van der Waals surface area contributed by atoms with Crippen molar-refractivity contribution in [1.29, 1.82) is 0 Å². The van der Waals surface area contributed by atoms with Gasteiger partial charge in [0, 0.05) is 49.0 Å². The van der Waals surface area contributed by atoms with Crippen LogP contribution in [0, 0.1) is 5.82 Å². The number of carbonyl (C=O) groups excluding carboxylic acids is 1. The quantitative estimate of drug-likeness (QED) is 0.693. The summed E-state index contributed by atoms with van der Waals surface area (Å²) in [5.74, 6) is 1.09. The molecule has 3 aromatic rings. The van der Waals surface area contributed by atoms with Crippen molar-refractivity contribution in [3.05, 3.63) is 60.2 Å². The number of nitrogens with one attached hydrogen (secondary N) is 1. The van der Waals surface area contributed by atoms with E-state index in [0.717, 1.165) is 24.3 Å². The van der Waals surface area contributed by atoms with Gasteiger partial charge >= 0.3 is 6.03 Å². The Morgan fingerprint density at radius 3 is 2.30 bits per heavy atom.